The molecule has 0 fully saturated rings. The molecule has 0 aliphatic carbocycles. The SMILES string of the molecule is CCc1ccc(C#Cc2nc(C#Cc3ccccc3)nc(OC)n2)cc1. The average molecular weight is 339 g/mol. The van der Waals surface area contributed by atoms with Crippen molar-refractivity contribution in [3.63, 3.8) is 0 Å². The van der Waals surface area contributed by atoms with Crippen molar-refractivity contribution in [2.75, 3.05) is 7.11 Å². The van der Waals surface area contributed by atoms with Gasteiger partial charge in [-0.3, -0.25) is 0 Å². The number of aromatic nitrogens is 3. The summed E-state index contributed by atoms with van der Waals surface area (Å²) in [5.41, 5.74) is 3.06. The van der Waals surface area contributed by atoms with Gasteiger partial charge in [0.05, 0.1) is 7.11 Å². The Morgan fingerprint density at radius 1 is 0.731 bits per heavy atom. The topological polar surface area (TPSA) is 47.9 Å². The van der Waals surface area contributed by atoms with Gasteiger partial charge in [-0.25, -0.2) is 0 Å². The fourth-order valence-corrected chi connectivity index (χ4v) is 2.16. The molecule has 1 aromatic heterocycles. The van der Waals surface area contributed by atoms with Crippen LogP contribution in [0.2, 0.25) is 0 Å². The van der Waals surface area contributed by atoms with Crippen LogP contribution in [0, 0.1) is 23.7 Å². The first kappa shape index (κ1) is 17.2. The molecule has 0 aliphatic rings. The van der Waals surface area contributed by atoms with E-state index in [0.717, 1.165) is 17.5 Å². The fraction of sp³-hybridized carbons (Fsp3) is 0.136. The van der Waals surface area contributed by atoms with E-state index in [2.05, 4.69) is 57.7 Å². The van der Waals surface area contributed by atoms with E-state index in [1.807, 2.05) is 42.5 Å². The predicted molar refractivity (Wildman–Crippen MR) is 101 cm³/mol. The van der Waals surface area contributed by atoms with Gasteiger partial charge in [0.15, 0.2) is 0 Å². The molecule has 1 heterocycles. The van der Waals surface area contributed by atoms with Crippen molar-refractivity contribution in [1.29, 1.82) is 0 Å². The first-order valence-electron chi connectivity index (χ1n) is 8.25. The van der Waals surface area contributed by atoms with Crippen LogP contribution < -0.4 is 4.74 Å². The molecule has 3 aromatic rings. The van der Waals surface area contributed by atoms with E-state index in [-0.39, 0.29) is 6.01 Å². The van der Waals surface area contributed by atoms with E-state index < -0.39 is 0 Å². The zero-order valence-electron chi connectivity index (χ0n) is 14.7. The van der Waals surface area contributed by atoms with Gasteiger partial charge in [0, 0.05) is 11.1 Å². The standard InChI is InChI=1S/C22H17N3O/c1-3-17-9-11-19(12-10-17)14-16-21-23-20(24-22(25-21)26-2)15-13-18-7-5-4-6-8-18/h4-12H,3H2,1-2H3. The van der Waals surface area contributed by atoms with Crippen LogP contribution in [0.5, 0.6) is 6.01 Å². The molecule has 0 radical (unpaired) electrons. The molecule has 0 bridgehead atoms. The van der Waals surface area contributed by atoms with Gasteiger partial charge < -0.3 is 4.74 Å². The second-order valence-corrected chi connectivity index (χ2v) is 5.39. The summed E-state index contributed by atoms with van der Waals surface area (Å²) < 4.78 is 5.13. The summed E-state index contributed by atoms with van der Waals surface area (Å²) >= 11 is 0. The van der Waals surface area contributed by atoms with E-state index in [4.69, 9.17) is 4.74 Å². The summed E-state index contributed by atoms with van der Waals surface area (Å²) in [7, 11) is 1.50. The molecule has 2 aromatic carbocycles. The largest absolute Gasteiger partial charge is 0.467 e. The van der Waals surface area contributed by atoms with Gasteiger partial charge in [-0.05, 0) is 48.1 Å². The van der Waals surface area contributed by atoms with Crippen molar-refractivity contribution in [3.8, 4) is 29.7 Å². The molecule has 0 spiro atoms. The van der Waals surface area contributed by atoms with E-state index in [1.54, 1.807) is 0 Å². The highest BCUT2D eigenvalue weighted by molar-refractivity contribution is 5.41. The van der Waals surface area contributed by atoms with Crippen LogP contribution in [-0.2, 0) is 6.42 Å². The van der Waals surface area contributed by atoms with Crippen molar-refractivity contribution in [2.45, 2.75) is 13.3 Å². The molecular formula is C22H17N3O. The van der Waals surface area contributed by atoms with Gasteiger partial charge in [0.1, 0.15) is 0 Å². The monoisotopic (exact) mass is 339 g/mol. The van der Waals surface area contributed by atoms with Gasteiger partial charge in [-0.1, -0.05) is 49.1 Å². The summed E-state index contributed by atoms with van der Waals surface area (Å²) in [6, 6.07) is 17.9. The summed E-state index contributed by atoms with van der Waals surface area (Å²) in [4.78, 5) is 12.6. The van der Waals surface area contributed by atoms with Gasteiger partial charge in [0.2, 0.25) is 11.6 Å². The quantitative estimate of drug-likeness (QED) is 0.673. The normalized spacial score (nSPS) is 9.46. The minimum Gasteiger partial charge on any atom is -0.467 e. The van der Waals surface area contributed by atoms with Crippen LogP contribution in [0.1, 0.15) is 35.3 Å². The third kappa shape index (κ3) is 4.69. The van der Waals surface area contributed by atoms with Gasteiger partial charge in [-0.15, -0.1) is 0 Å². The molecule has 0 unspecified atom stereocenters. The Balaban J connectivity index is 1.88. The van der Waals surface area contributed by atoms with Crippen LogP contribution in [0.25, 0.3) is 0 Å². The fourth-order valence-electron chi connectivity index (χ4n) is 2.16. The lowest BCUT2D eigenvalue weighted by Crippen LogP contribution is -2.01. The molecule has 126 valence electrons. The van der Waals surface area contributed by atoms with E-state index in [1.165, 1.54) is 12.7 Å². The molecule has 4 heteroatoms. The van der Waals surface area contributed by atoms with Crippen molar-refractivity contribution in [1.82, 2.24) is 15.0 Å². The third-order valence-electron chi connectivity index (χ3n) is 3.57. The van der Waals surface area contributed by atoms with Gasteiger partial charge in [0.25, 0.3) is 0 Å². The minimum absolute atomic E-state index is 0.197. The zero-order chi connectivity index (χ0) is 18.2. The summed E-state index contributed by atoms with van der Waals surface area (Å²) in [6.45, 7) is 2.12. The molecule has 3 rings (SSSR count). The highest BCUT2D eigenvalue weighted by atomic mass is 16.5. The maximum Gasteiger partial charge on any atom is 0.321 e. The van der Waals surface area contributed by atoms with E-state index in [9.17, 15) is 0 Å². The predicted octanol–water partition coefficient (Wildman–Crippen LogP) is 3.24. The number of ether oxygens (including phenoxy) is 1. The molecule has 0 amide bonds. The summed E-state index contributed by atoms with van der Waals surface area (Å²) in [5, 5.41) is 0. The van der Waals surface area contributed by atoms with Gasteiger partial charge >= 0.3 is 6.01 Å². The van der Waals surface area contributed by atoms with Crippen LogP contribution >= 0.6 is 0 Å². The Labute approximate surface area is 153 Å². The maximum atomic E-state index is 5.13. The second kappa shape index (κ2) is 8.46. The number of rotatable bonds is 2. The molecule has 0 aliphatic heterocycles. The van der Waals surface area contributed by atoms with Crippen LogP contribution in [0.15, 0.2) is 54.6 Å². The lowest BCUT2D eigenvalue weighted by molar-refractivity contribution is 0.376. The number of hydrogen-bond acceptors (Lipinski definition) is 4. The van der Waals surface area contributed by atoms with Crippen LogP contribution in [0.3, 0.4) is 0 Å². The van der Waals surface area contributed by atoms with Crippen molar-refractivity contribution >= 4 is 0 Å². The highest BCUT2D eigenvalue weighted by Crippen LogP contribution is 2.05. The molecular weight excluding hydrogens is 322 g/mol. The Hall–Kier alpha value is -3.63. The van der Waals surface area contributed by atoms with Crippen molar-refractivity contribution in [3.05, 3.63) is 82.9 Å². The maximum absolute atomic E-state index is 5.13. The van der Waals surface area contributed by atoms with E-state index in [0.29, 0.717) is 11.6 Å². The first-order valence-corrected chi connectivity index (χ1v) is 8.25. The molecule has 0 N–H and O–H groups in total. The van der Waals surface area contributed by atoms with Gasteiger partial charge in [-0.2, -0.15) is 15.0 Å². The molecule has 26 heavy (non-hydrogen) atoms. The highest BCUT2D eigenvalue weighted by Gasteiger charge is 2.03. The Morgan fingerprint density at radius 3 is 1.85 bits per heavy atom. The number of benzene rings is 2. The molecule has 4 nitrogen and oxygen atoms in total. The lowest BCUT2D eigenvalue weighted by atomic mass is 10.1. The Morgan fingerprint density at radius 2 is 1.31 bits per heavy atom. The van der Waals surface area contributed by atoms with Crippen LogP contribution in [-0.4, -0.2) is 22.1 Å². The zero-order valence-corrected chi connectivity index (χ0v) is 14.7. The first-order chi connectivity index (χ1) is 12.8. The summed E-state index contributed by atoms with van der Waals surface area (Å²) in [6.07, 6.45) is 1.00. The molecule has 0 saturated carbocycles. The smallest absolute Gasteiger partial charge is 0.321 e. The van der Waals surface area contributed by atoms with E-state index >= 15 is 0 Å². The lowest BCUT2D eigenvalue weighted by Gasteiger charge is -1.98. The molecule has 0 saturated heterocycles. The van der Waals surface area contributed by atoms with Crippen molar-refractivity contribution < 1.29 is 4.74 Å². The third-order valence-corrected chi connectivity index (χ3v) is 3.57. The minimum atomic E-state index is 0.197. The Bertz CT molecular complexity index is 1000. The van der Waals surface area contributed by atoms with Crippen LogP contribution in [0.4, 0.5) is 0 Å². The number of aryl methyl sites for hydroxylation is 1. The second-order valence-electron chi connectivity index (χ2n) is 5.39. The average Bonchev–Trinajstić information content (AvgIpc) is 2.71. The number of hydrogen-bond donors (Lipinski definition) is 0. The molecule has 0 atom stereocenters. The summed E-state index contributed by atoms with van der Waals surface area (Å²) in [5.74, 6) is 12.6. The van der Waals surface area contributed by atoms with Crippen molar-refractivity contribution in [2.24, 2.45) is 0 Å². The Kier molecular flexibility index (Phi) is 5.60. The number of methoxy groups -OCH3 is 1. The number of nitrogens with zero attached hydrogens (tertiary/aromatic N) is 3.